The lowest BCUT2D eigenvalue weighted by Gasteiger charge is -2.27. The fourth-order valence-electron chi connectivity index (χ4n) is 5.27. The molecule has 0 aliphatic heterocycles. The summed E-state index contributed by atoms with van der Waals surface area (Å²) in [5, 5.41) is 13.3. The van der Waals surface area contributed by atoms with Gasteiger partial charge in [0.15, 0.2) is 0 Å². The van der Waals surface area contributed by atoms with Crippen LogP contribution in [0.1, 0.15) is 58.2 Å². The molecule has 0 saturated carbocycles. The molecule has 42 heavy (non-hydrogen) atoms. The highest BCUT2D eigenvalue weighted by Crippen LogP contribution is 2.41. The molecule has 1 N–H and O–H groups in total. The van der Waals surface area contributed by atoms with Gasteiger partial charge >= 0.3 is 0 Å². The smallest absolute Gasteiger partial charge is 0.128 e. The molecule has 0 atom stereocenters. The van der Waals surface area contributed by atoms with Crippen LogP contribution in [-0.4, -0.2) is 21.3 Å². The van der Waals surface area contributed by atoms with Gasteiger partial charge in [-0.25, -0.2) is 4.98 Å². The second-order valence-electron chi connectivity index (χ2n) is 12.8. The van der Waals surface area contributed by atoms with E-state index in [0.29, 0.717) is 0 Å². The number of para-hydroxylation sites is 3. The van der Waals surface area contributed by atoms with Crippen molar-refractivity contribution in [1.29, 1.82) is 0 Å². The number of rotatable bonds is 4. The van der Waals surface area contributed by atoms with Gasteiger partial charge in [-0.15, -0.1) is 11.3 Å². The topological polar surface area (TPSA) is 58.4 Å². The molecule has 4 nitrogen and oxygen atoms in total. The lowest BCUT2D eigenvalue weighted by Crippen LogP contribution is -2.17. The number of aliphatic imine (C=N–C) groups is 1. The van der Waals surface area contributed by atoms with E-state index < -0.39 is 0 Å². The molecular formula is C37H35N3OS. The molecule has 0 unspecified atom stereocenters. The molecule has 2 heterocycles. The molecule has 0 aliphatic carbocycles. The summed E-state index contributed by atoms with van der Waals surface area (Å²) < 4.78 is 1.11. The maximum Gasteiger partial charge on any atom is 0.128 e. The Morgan fingerprint density at radius 3 is 2.19 bits per heavy atom. The number of nitrogens with zero attached hydrogens (tertiary/aromatic N) is 3. The largest absolute Gasteiger partial charge is 0.507 e. The minimum Gasteiger partial charge on any atom is -0.507 e. The minimum atomic E-state index is -0.204. The van der Waals surface area contributed by atoms with Gasteiger partial charge < -0.3 is 5.11 Å². The average Bonchev–Trinajstić information content (AvgIpc) is 3.40. The fourth-order valence-corrected chi connectivity index (χ4v) is 6.30. The minimum absolute atomic E-state index is 0.0630. The predicted molar refractivity (Wildman–Crippen MR) is 179 cm³/mol. The van der Waals surface area contributed by atoms with E-state index in [1.807, 2.05) is 30.5 Å². The summed E-state index contributed by atoms with van der Waals surface area (Å²) in [5.41, 5.74) is 8.38. The van der Waals surface area contributed by atoms with Crippen molar-refractivity contribution in [3.8, 4) is 27.4 Å². The lowest BCUT2D eigenvalue weighted by molar-refractivity contribution is 0.444. The standard InChI is InChI=1S/C37H35N3OS/c1-36(2,3)25-20-24(34(41)29(21-25)37(4,5)6)22-39-30-17-8-7-14-28(30)35-40-33-27(16-10-18-31(33)42-35)26-15-9-12-23-13-11-19-38-32(23)26/h7-22,41H,1-6H3. The van der Waals surface area contributed by atoms with Crippen molar-refractivity contribution in [2.45, 2.75) is 52.4 Å². The van der Waals surface area contributed by atoms with E-state index in [1.165, 1.54) is 5.56 Å². The SMILES string of the molecule is CC(C)(C)c1cc(C=Nc2ccccc2-c2nc3c(-c4cccc5cccnc45)cccc3s2)c(O)c(C(C)(C)C)c1. The van der Waals surface area contributed by atoms with Gasteiger partial charge in [0.05, 0.1) is 21.4 Å². The van der Waals surface area contributed by atoms with E-state index in [-0.39, 0.29) is 16.6 Å². The summed E-state index contributed by atoms with van der Waals surface area (Å²) in [6.45, 7) is 13.0. The number of phenols is 1. The number of pyridine rings is 1. The quantitative estimate of drug-likeness (QED) is 0.215. The molecule has 5 heteroatoms. The number of aromatic nitrogens is 2. The first kappa shape index (κ1) is 27.8. The molecule has 4 aromatic carbocycles. The van der Waals surface area contributed by atoms with E-state index in [9.17, 15) is 5.11 Å². The Morgan fingerprint density at radius 2 is 1.43 bits per heavy atom. The number of fused-ring (bicyclic) bond motifs is 2. The molecule has 0 bridgehead atoms. The molecule has 210 valence electrons. The monoisotopic (exact) mass is 569 g/mol. The third kappa shape index (κ3) is 5.21. The lowest BCUT2D eigenvalue weighted by atomic mass is 9.79. The van der Waals surface area contributed by atoms with E-state index in [2.05, 4.69) is 107 Å². The Kier molecular flexibility index (Phi) is 6.94. The van der Waals surface area contributed by atoms with E-state index in [4.69, 9.17) is 9.98 Å². The van der Waals surface area contributed by atoms with Crippen molar-refractivity contribution in [2.75, 3.05) is 0 Å². The molecule has 0 saturated heterocycles. The first-order valence-electron chi connectivity index (χ1n) is 14.3. The molecule has 0 fully saturated rings. The zero-order valence-corrected chi connectivity index (χ0v) is 25.8. The summed E-state index contributed by atoms with van der Waals surface area (Å²) in [6.07, 6.45) is 3.63. The van der Waals surface area contributed by atoms with Gasteiger partial charge in [0.25, 0.3) is 0 Å². The van der Waals surface area contributed by atoms with Gasteiger partial charge in [-0.05, 0) is 46.7 Å². The van der Waals surface area contributed by atoms with E-state index in [0.717, 1.165) is 59.6 Å². The number of hydrogen-bond donors (Lipinski definition) is 1. The summed E-state index contributed by atoms with van der Waals surface area (Å²) >= 11 is 1.66. The van der Waals surface area contributed by atoms with Crippen LogP contribution in [0, 0.1) is 0 Å². The maximum atomic E-state index is 11.3. The number of thiazole rings is 1. The number of phenolic OH excluding ortho intramolecular Hbond substituents is 1. The fraction of sp³-hybridized carbons (Fsp3) is 0.216. The molecular weight excluding hydrogens is 534 g/mol. The second kappa shape index (κ2) is 10.5. The van der Waals surface area contributed by atoms with Crippen LogP contribution in [0.4, 0.5) is 5.69 Å². The first-order valence-corrected chi connectivity index (χ1v) is 15.1. The number of aromatic hydroxyl groups is 1. The third-order valence-corrected chi connectivity index (χ3v) is 8.69. The first-order chi connectivity index (χ1) is 20.0. The van der Waals surface area contributed by atoms with Crippen LogP contribution in [0.15, 0.2) is 96.1 Å². The van der Waals surface area contributed by atoms with Crippen LogP contribution in [0.25, 0.3) is 42.8 Å². The van der Waals surface area contributed by atoms with Gasteiger partial charge in [-0.1, -0.05) is 96.1 Å². The molecule has 2 aromatic heterocycles. The van der Waals surface area contributed by atoms with Crippen molar-refractivity contribution in [1.82, 2.24) is 9.97 Å². The van der Waals surface area contributed by atoms with Crippen LogP contribution in [0.3, 0.4) is 0 Å². The Labute approximate surface area is 251 Å². The van der Waals surface area contributed by atoms with Crippen molar-refractivity contribution >= 4 is 44.4 Å². The van der Waals surface area contributed by atoms with E-state index in [1.54, 1.807) is 17.6 Å². The Bertz CT molecular complexity index is 1970. The second-order valence-corrected chi connectivity index (χ2v) is 13.8. The number of hydrogen-bond acceptors (Lipinski definition) is 5. The van der Waals surface area contributed by atoms with Crippen LogP contribution in [0.2, 0.25) is 0 Å². The number of benzene rings is 4. The Balaban J connectivity index is 1.45. The van der Waals surface area contributed by atoms with Gasteiger partial charge in [0.2, 0.25) is 0 Å². The van der Waals surface area contributed by atoms with Crippen molar-refractivity contribution in [2.24, 2.45) is 4.99 Å². The summed E-state index contributed by atoms with van der Waals surface area (Å²) in [5.74, 6) is 0.282. The van der Waals surface area contributed by atoms with Gasteiger partial charge in [-0.3, -0.25) is 9.98 Å². The van der Waals surface area contributed by atoms with Crippen LogP contribution in [0.5, 0.6) is 5.75 Å². The third-order valence-electron chi connectivity index (χ3n) is 7.63. The zero-order chi connectivity index (χ0) is 29.6. The Morgan fingerprint density at radius 1 is 0.738 bits per heavy atom. The zero-order valence-electron chi connectivity index (χ0n) is 24.9. The van der Waals surface area contributed by atoms with Gasteiger partial charge in [0.1, 0.15) is 10.8 Å². The molecule has 0 radical (unpaired) electrons. The van der Waals surface area contributed by atoms with Crippen LogP contribution >= 0.6 is 11.3 Å². The average molecular weight is 570 g/mol. The van der Waals surface area contributed by atoms with E-state index >= 15 is 0 Å². The molecule has 0 aliphatic rings. The molecule has 6 rings (SSSR count). The summed E-state index contributed by atoms with van der Waals surface area (Å²) in [7, 11) is 0. The Hall–Kier alpha value is -4.35. The highest BCUT2D eigenvalue weighted by molar-refractivity contribution is 7.21. The van der Waals surface area contributed by atoms with Gasteiger partial charge in [-0.2, -0.15) is 0 Å². The normalized spacial score (nSPS) is 12.5. The summed E-state index contributed by atoms with van der Waals surface area (Å²) in [4.78, 5) is 14.8. The predicted octanol–water partition coefficient (Wildman–Crippen LogP) is 10.2. The molecule has 0 amide bonds. The van der Waals surface area contributed by atoms with Crippen LogP contribution in [-0.2, 0) is 10.8 Å². The van der Waals surface area contributed by atoms with Crippen molar-refractivity contribution in [3.63, 3.8) is 0 Å². The highest BCUT2D eigenvalue weighted by atomic mass is 32.1. The summed E-state index contributed by atoms with van der Waals surface area (Å²) in [6, 6.07) is 28.9. The van der Waals surface area contributed by atoms with Gasteiger partial charge in [0, 0.05) is 45.6 Å². The van der Waals surface area contributed by atoms with Crippen LogP contribution < -0.4 is 0 Å². The molecule has 6 aromatic rings. The van der Waals surface area contributed by atoms with Crippen molar-refractivity contribution < 1.29 is 5.11 Å². The maximum absolute atomic E-state index is 11.3. The highest BCUT2D eigenvalue weighted by Gasteiger charge is 2.24. The molecule has 0 spiro atoms. The van der Waals surface area contributed by atoms with Crippen molar-refractivity contribution in [3.05, 3.63) is 108 Å².